The van der Waals surface area contributed by atoms with Crippen LogP contribution in [0.15, 0.2) is 83.4 Å². The van der Waals surface area contributed by atoms with Crippen molar-refractivity contribution in [2.75, 3.05) is 5.73 Å². The number of carbonyl (C=O) groups excluding carboxylic acids is 1. The first-order chi connectivity index (χ1) is 20.5. The van der Waals surface area contributed by atoms with Crippen molar-refractivity contribution in [2.45, 2.75) is 6.36 Å². The zero-order valence-corrected chi connectivity index (χ0v) is 22.9. The summed E-state index contributed by atoms with van der Waals surface area (Å²) in [7, 11) is 0. The van der Waals surface area contributed by atoms with Gasteiger partial charge in [-0.15, -0.1) is 24.5 Å². The summed E-state index contributed by atoms with van der Waals surface area (Å²) in [6.45, 7) is 0. The third-order valence-electron chi connectivity index (χ3n) is 6.32. The number of rotatable bonds is 6. The Kier molecular flexibility index (Phi) is 6.98. The molecule has 216 valence electrons. The number of benzene rings is 3. The number of fused-ring (bicyclic) bond motifs is 1. The number of carbonyl (C=O) groups is 1. The minimum Gasteiger partial charge on any atom is -0.539 e. The Bertz CT molecular complexity index is 2010. The number of hydrogen-bond acceptors (Lipinski definition) is 8. The van der Waals surface area contributed by atoms with Gasteiger partial charge in [0.1, 0.15) is 21.3 Å². The van der Waals surface area contributed by atoms with Gasteiger partial charge < -0.3 is 20.1 Å². The van der Waals surface area contributed by atoms with Crippen LogP contribution in [0.4, 0.5) is 23.2 Å². The van der Waals surface area contributed by atoms with Gasteiger partial charge in [-0.3, -0.25) is 4.79 Å². The number of hydrogen-bond donors (Lipinski definition) is 1. The number of ketones is 1. The van der Waals surface area contributed by atoms with E-state index in [0.717, 1.165) is 40.3 Å². The number of nitrogens with two attached hydrogens (primary N) is 1. The van der Waals surface area contributed by atoms with Crippen molar-refractivity contribution < 1.29 is 41.4 Å². The third-order valence-corrected chi connectivity index (χ3v) is 7.67. The number of pyridine rings is 1. The molecule has 3 heterocycles. The van der Waals surface area contributed by atoms with Crippen molar-refractivity contribution in [3.8, 4) is 39.8 Å². The van der Waals surface area contributed by atoms with Crippen molar-refractivity contribution in [1.29, 1.82) is 0 Å². The second-order valence-corrected chi connectivity index (χ2v) is 10.5. The van der Waals surface area contributed by atoms with E-state index in [2.05, 4.69) is 10.0 Å². The van der Waals surface area contributed by atoms with Crippen LogP contribution in [-0.4, -0.2) is 22.4 Å². The fraction of sp³-hybridized carbons (Fsp3) is 0.0345. The molecule has 0 aliphatic rings. The first-order valence-corrected chi connectivity index (χ1v) is 13.4. The molecule has 6 aromatic rings. The first-order valence-electron chi connectivity index (χ1n) is 12.2. The third kappa shape index (κ3) is 5.47. The highest BCUT2D eigenvalue weighted by Gasteiger charge is 2.34. The SMILES string of the molecule is Nc1c(C(=O)c2c([O-])on[n+]2-c2ccc(OC(F)(F)F)cc2)sc2nc(-c3ccc(Cl)cc3)cc(-c3cccc(F)c3)c12. The topological polar surface area (TPSA) is 118 Å². The molecule has 8 nitrogen and oxygen atoms in total. The Morgan fingerprint density at radius 3 is 2.42 bits per heavy atom. The molecule has 3 aromatic heterocycles. The molecule has 0 saturated heterocycles. The Hall–Kier alpha value is -5.01. The number of aromatic nitrogens is 3. The number of thiophene rings is 1. The molecule has 0 spiro atoms. The first kappa shape index (κ1) is 28.1. The van der Waals surface area contributed by atoms with Gasteiger partial charge in [-0.2, -0.15) is 0 Å². The summed E-state index contributed by atoms with van der Waals surface area (Å²) in [5.41, 5.74) is 8.14. The number of alkyl halides is 3. The van der Waals surface area contributed by atoms with E-state index in [1.807, 2.05) is 0 Å². The summed E-state index contributed by atoms with van der Waals surface area (Å²) in [6, 6.07) is 18.7. The average molecular weight is 627 g/mol. The molecule has 0 saturated carbocycles. The molecule has 0 radical (unpaired) electrons. The standard InChI is InChI=1S/C29H15ClF4N4O4S/c30-16-6-4-14(5-7-16)21-13-20(15-2-1-3-17(31)12-15)22-23(35)26(43-27(22)36-21)25(39)24-28(40)42-37-38(24)18-8-10-19(11-9-18)41-29(32,33)34/h1-13H,(H2-,35,37,39,40). The Morgan fingerprint density at radius 2 is 1.74 bits per heavy atom. The predicted molar refractivity (Wildman–Crippen MR) is 147 cm³/mol. The molecule has 14 heteroatoms. The second-order valence-electron chi connectivity index (χ2n) is 9.09. The van der Waals surface area contributed by atoms with E-state index in [4.69, 9.17) is 26.8 Å². The molecular formula is C29H15ClF4N4O4S. The van der Waals surface area contributed by atoms with Gasteiger partial charge >= 0.3 is 12.1 Å². The quantitative estimate of drug-likeness (QED) is 0.128. The van der Waals surface area contributed by atoms with Gasteiger partial charge in [0.25, 0.3) is 5.78 Å². The van der Waals surface area contributed by atoms with Crippen LogP contribution in [0.2, 0.25) is 5.02 Å². The maximum Gasteiger partial charge on any atom is 0.573 e. The van der Waals surface area contributed by atoms with Gasteiger partial charge in [-0.05, 0) is 58.3 Å². The Morgan fingerprint density at radius 1 is 1.02 bits per heavy atom. The normalized spacial score (nSPS) is 11.7. The predicted octanol–water partition coefficient (Wildman–Crippen LogP) is 6.47. The van der Waals surface area contributed by atoms with Crippen molar-refractivity contribution >= 4 is 44.6 Å². The molecule has 0 unspecified atom stereocenters. The van der Waals surface area contributed by atoms with Crippen LogP contribution in [0.5, 0.6) is 11.7 Å². The highest BCUT2D eigenvalue weighted by Crippen LogP contribution is 2.42. The van der Waals surface area contributed by atoms with Crippen LogP contribution >= 0.6 is 22.9 Å². The fourth-order valence-electron chi connectivity index (χ4n) is 4.45. The largest absolute Gasteiger partial charge is 0.573 e. The summed E-state index contributed by atoms with van der Waals surface area (Å²) in [6.07, 6.45) is -4.91. The molecule has 0 bridgehead atoms. The van der Waals surface area contributed by atoms with Crippen LogP contribution in [0.1, 0.15) is 15.4 Å². The number of nitrogens with zero attached hydrogens (tertiary/aromatic N) is 3. The van der Waals surface area contributed by atoms with Gasteiger partial charge in [-0.25, -0.2) is 9.37 Å². The van der Waals surface area contributed by atoms with E-state index in [1.54, 1.807) is 36.4 Å². The highest BCUT2D eigenvalue weighted by molar-refractivity contribution is 7.21. The maximum atomic E-state index is 14.3. The molecular weight excluding hydrogens is 612 g/mol. The zero-order chi connectivity index (χ0) is 30.5. The molecule has 0 fully saturated rings. The van der Waals surface area contributed by atoms with Crippen LogP contribution in [-0.2, 0) is 0 Å². The highest BCUT2D eigenvalue weighted by atomic mass is 35.5. The van der Waals surface area contributed by atoms with Crippen molar-refractivity contribution in [2.24, 2.45) is 0 Å². The summed E-state index contributed by atoms with van der Waals surface area (Å²) in [5, 5.41) is 17.1. The Balaban J connectivity index is 1.48. The van der Waals surface area contributed by atoms with Crippen LogP contribution in [0.3, 0.4) is 0 Å². The minimum atomic E-state index is -4.91. The number of ether oxygens (including phenoxy) is 1. The molecule has 0 aliphatic carbocycles. The van der Waals surface area contributed by atoms with Crippen molar-refractivity contribution in [1.82, 2.24) is 10.3 Å². The molecule has 6 rings (SSSR count). The van der Waals surface area contributed by atoms with E-state index in [9.17, 15) is 27.5 Å². The summed E-state index contributed by atoms with van der Waals surface area (Å²) in [4.78, 5) is 18.7. The van der Waals surface area contributed by atoms with Gasteiger partial charge in [-0.1, -0.05) is 35.9 Å². The zero-order valence-electron chi connectivity index (χ0n) is 21.4. The fourth-order valence-corrected chi connectivity index (χ4v) is 5.64. The molecule has 0 atom stereocenters. The van der Waals surface area contributed by atoms with E-state index < -0.39 is 35.4 Å². The smallest absolute Gasteiger partial charge is 0.539 e. The van der Waals surface area contributed by atoms with Crippen LogP contribution in [0, 0.1) is 5.82 Å². The summed E-state index contributed by atoms with van der Waals surface area (Å²) in [5.74, 6) is -2.97. The molecule has 0 aliphatic heterocycles. The number of nitrogen functional groups attached to an aromatic ring is 1. The van der Waals surface area contributed by atoms with E-state index in [0.29, 0.717) is 37.6 Å². The number of halogens is 5. The maximum absolute atomic E-state index is 14.3. The van der Waals surface area contributed by atoms with Gasteiger partial charge in [0.2, 0.25) is 5.69 Å². The van der Waals surface area contributed by atoms with Gasteiger partial charge in [0.15, 0.2) is 5.95 Å². The van der Waals surface area contributed by atoms with Crippen molar-refractivity contribution in [3.63, 3.8) is 0 Å². The van der Waals surface area contributed by atoms with E-state index >= 15 is 0 Å². The molecule has 3 aromatic carbocycles. The lowest BCUT2D eigenvalue weighted by Gasteiger charge is -2.09. The van der Waals surface area contributed by atoms with Crippen LogP contribution in [0.25, 0.3) is 38.3 Å². The molecule has 43 heavy (non-hydrogen) atoms. The lowest BCUT2D eigenvalue weighted by atomic mass is 9.99. The molecule has 0 amide bonds. The van der Waals surface area contributed by atoms with Crippen molar-refractivity contribution in [3.05, 3.63) is 100 Å². The minimum absolute atomic E-state index is 0.0134. The van der Waals surface area contributed by atoms with Gasteiger partial charge in [0, 0.05) is 28.1 Å². The van der Waals surface area contributed by atoms with Gasteiger partial charge in [0.05, 0.1) is 16.7 Å². The summed E-state index contributed by atoms with van der Waals surface area (Å²) < 4.78 is 61.4. The van der Waals surface area contributed by atoms with E-state index in [-0.39, 0.29) is 16.3 Å². The van der Waals surface area contributed by atoms with Crippen LogP contribution < -0.4 is 20.3 Å². The summed E-state index contributed by atoms with van der Waals surface area (Å²) >= 11 is 6.95. The lowest BCUT2D eigenvalue weighted by molar-refractivity contribution is -0.672. The monoisotopic (exact) mass is 626 g/mol. The lowest BCUT2D eigenvalue weighted by Crippen LogP contribution is -2.39. The molecule has 2 N–H and O–H groups in total. The number of anilines is 1. The second kappa shape index (κ2) is 10.7. The Labute approximate surface area is 248 Å². The average Bonchev–Trinajstić information content (AvgIpc) is 3.52. The van der Waals surface area contributed by atoms with E-state index in [1.165, 1.54) is 18.2 Å².